The highest BCUT2D eigenvalue weighted by molar-refractivity contribution is 6.07. The molecule has 1 aliphatic carbocycles. The fraction of sp³-hybridized carbons (Fsp3) is 0.500. The highest BCUT2D eigenvalue weighted by Crippen LogP contribution is 2.33. The minimum atomic E-state index is -4.41. The van der Waals surface area contributed by atoms with Crippen LogP contribution >= 0.6 is 0 Å². The number of hydrogen-bond donors (Lipinski definition) is 4. The number of nitrogens with zero attached hydrogens (tertiary/aromatic N) is 5. The molecule has 0 radical (unpaired) electrons. The van der Waals surface area contributed by atoms with E-state index in [4.69, 9.17) is 10.2 Å². The number of aromatic nitrogens is 4. The quantitative estimate of drug-likeness (QED) is 0.301. The van der Waals surface area contributed by atoms with E-state index >= 15 is 0 Å². The van der Waals surface area contributed by atoms with Crippen molar-refractivity contribution in [3.8, 4) is 11.5 Å². The first-order valence-corrected chi connectivity index (χ1v) is 13.5. The second kappa shape index (κ2) is 12.3. The van der Waals surface area contributed by atoms with Crippen molar-refractivity contribution >= 4 is 23.3 Å². The standard InChI is InChI=1S/C26H32F3N9O3/c27-26(28,29)15-33-21-11-17(5-6-32-21)25-35-20(14-41-25)24(40)34-19-13-38(36-22(19)23(30)39)18-3-1-16(2-4-18)12-37-9-7-31-8-10-37/h5-6,11,13-14,16,18,31H,1-4,7-10,12,15H2,(H2,30,39)(H,32,33)(H,34,40). The Kier molecular flexibility index (Phi) is 8.54. The zero-order chi connectivity index (χ0) is 29.0. The van der Waals surface area contributed by atoms with Gasteiger partial charge in [-0.1, -0.05) is 0 Å². The molecule has 220 valence electrons. The largest absolute Gasteiger partial charge is 0.444 e. The molecule has 0 spiro atoms. The van der Waals surface area contributed by atoms with Crippen LogP contribution in [0.15, 0.2) is 35.2 Å². The third-order valence-electron chi connectivity index (χ3n) is 7.34. The second-order valence-electron chi connectivity index (χ2n) is 10.4. The van der Waals surface area contributed by atoms with Crippen LogP contribution in [0.2, 0.25) is 0 Å². The van der Waals surface area contributed by atoms with Gasteiger partial charge in [0, 0.05) is 50.7 Å². The van der Waals surface area contributed by atoms with Crippen LogP contribution in [-0.2, 0) is 0 Å². The van der Waals surface area contributed by atoms with Crippen molar-refractivity contribution in [3.05, 3.63) is 42.2 Å². The number of nitrogens with one attached hydrogen (secondary N) is 3. The molecule has 1 saturated carbocycles. The van der Waals surface area contributed by atoms with Crippen LogP contribution in [0.4, 0.5) is 24.7 Å². The van der Waals surface area contributed by atoms with E-state index in [0.717, 1.165) is 64.7 Å². The Hall–Kier alpha value is -3.98. The number of halogens is 3. The van der Waals surface area contributed by atoms with Gasteiger partial charge in [-0.05, 0) is 43.7 Å². The minimum absolute atomic E-state index is 0.0102. The van der Waals surface area contributed by atoms with E-state index in [1.807, 2.05) is 0 Å². The summed E-state index contributed by atoms with van der Waals surface area (Å²) in [5.41, 5.74) is 5.88. The average Bonchev–Trinajstić information content (AvgIpc) is 3.61. The SMILES string of the molecule is NC(=O)c1nn(C2CCC(CN3CCNCC3)CC2)cc1NC(=O)c1coc(-c2ccnc(NCC(F)(F)F)c2)n1. The maximum atomic E-state index is 12.9. The monoisotopic (exact) mass is 575 g/mol. The van der Waals surface area contributed by atoms with Gasteiger partial charge in [-0.25, -0.2) is 9.97 Å². The molecular formula is C26H32F3N9O3. The number of hydrogen-bond acceptors (Lipinski definition) is 9. The van der Waals surface area contributed by atoms with Crippen molar-refractivity contribution in [1.29, 1.82) is 0 Å². The lowest BCUT2D eigenvalue weighted by Crippen LogP contribution is -2.45. The average molecular weight is 576 g/mol. The van der Waals surface area contributed by atoms with Crippen molar-refractivity contribution in [2.24, 2.45) is 11.7 Å². The molecule has 2 amide bonds. The van der Waals surface area contributed by atoms with Crippen LogP contribution in [0.1, 0.15) is 52.7 Å². The molecule has 4 heterocycles. The lowest BCUT2D eigenvalue weighted by Gasteiger charge is -2.34. The fourth-order valence-electron chi connectivity index (χ4n) is 5.25. The first-order valence-electron chi connectivity index (χ1n) is 13.5. The molecule has 2 fully saturated rings. The normalized spacial score (nSPS) is 20.1. The molecule has 5 rings (SSSR count). The summed E-state index contributed by atoms with van der Waals surface area (Å²) < 4.78 is 44.6. The number of oxazole rings is 1. The molecule has 15 heteroatoms. The van der Waals surface area contributed by atoms with E-state index in [0.29, 0.717) is 11.5 Å². The van der Waals surface area contributed by atoms with Crippen LogP contribution in [0.5, 0.6) is 0 Å². The topological polar surface area (TPSA) is 156 Å². The van der Waals surface area contributed by atoms with Crippen LogP contribution in [-0.4, -0.2) is 81.9 Å². The maximum Gasteiger partial charge on any atom is 0.405 e. The van der Waals surface area contributed by atoms with Crippen molar-refractivity contribution in [2.75, 3.05) is 49.9 Å². The highest BCUT2D eigenvalue weighted by Gasteiger charge is 2.28. The molecule has 3 aromatic rings. The van der Waals surface area contributed by atoms with Gasteiger partial charge in [-0.2, -0.15) is 18.3 Å². The lowest BCUT2D eigenvalue weighted by molar-refractivity contribution is -0.115. The van der Waals surface area contributed by atoms with Gasteiger partial charge in [-0.3, -0.25) is 14.3 Å². The Morgan fingerprint density at radius 1 is 1.17 bits per heavy atom. The fourth-order valence-corrected chi connectivity index (χ4v) is 5.25. The molecule has 12 nitrogen and oxygen atoms in total. The van der Waals surface area contributed by atoms with Crippen LogP contribution in [0.3, 0.4) is 0 Å². The predicted molar refractivity (Wildman–Crippen MR) is 143 cm³/mol. The Bertz CT molecular complexity index is 1360. The lowest BCUT2D eigenvalue weighted by atomic mass is 9.85. The number of alkyl halides is 3. The third kappa shape index (κ3) is 7.41. The summed E-state index contributed by atoms with van der Waals surface area (Å²) in [4.78, 5) is 35.6. The van der Waals surface area contributed by atoms with Crippen LogP contribution in [0.25, 0.3) is 11.5 Å². The molecular weight excluding hydrogens is 543 g/mol. The molecule has 41 heavy (non-hydrogen) atoms. The summed E-state index contributed by atoms with van der Waals surface area (Å²) in [6.07, 6.45) is 3.52. The molecule has 0 unspecified atom stereocenters. The Morgan fingerprint density at radius 3 is 2.63 bits per heavy atom. The van der Waals surface area contributed by atoms with Gasteiger partial charge >= 0.3 is 6.18 Å². The molecule has 5 N–H and O–H groups in total. The molecule has 1 saturated heterocycles. The second-order valence-corrected chi connectivity index (χ2v) is 10.4. The number of piperazine rings is 1. The van der Waals surface area contributed by atoms with Crippen molar-refractivity contribution < 1.29 is 27.2 Å². The first-order chi connectivity index (χ1) is 19.6. The molecule has 1 aliphatic heterocycles. The number of carbonyl (C=O) groups excluding carboxylic acids is 2. The Labute approximate surface area is 233 Å². The summed E-state index contributed by atoms with van der Waals surface area (Å²) in [7, 11) is 0. The van der Waals surface area contributed by atoms with Gasteiger partial charge in [-0.15, -0.1) is 0 Å². The number of nitrogens with two attached hydrogens (primary N) is 1. The first kappa shape index (κ1) is 28.5. The van der Waals surface area contributed by atoms with E-state index in [2.05, 4.69) is 35.9 Å². The van der Waals surface area contributed by atoms with E-state index in [-0.39, 0.29) is 34.8 Å². The van der Waals surface area contributed by atoms with Gasteiger partial charge in [0.25, 0.3) is 11.8 Å². The maximum absolute atomic E-state index is 12.9. The Morgan fingerprint density at radius 2 is 1.93 bits per heavy atom. The van der Waals surface area contributed by atoms with Gasteiger partial charge in [0.05, 0.1) is 11.7 Å². The van der Waals surface area contributed by atoms with Crippen molar-refractivity contribution in [3.63, 3.8) is 0 Å². The predicted octanol–water partition coefficient (Wildman–Crippen LogP) is 2.89. The zero-order valence-corrected chi connectivity index (χ0v) is 22.3. The summed E-state index contributed by atoms with van der Waals surface area (Å²) in [5.74, 6) is -0.835. The number of rotatable bonds is 9. The van der Waals surface area contributed by atoms with Crippen LogP contribution < -0.4 is 21.7 Å². The third-order valence-corrected chi connectivity index (χ3v) is 7.34. The molecule has 0 atom stereocenters. The number of primary amides is 1. The van der Waals surface area contributed by atoms with Crippen LogP contribution in [0, 0.1) is 5.92 Å². The molecule has 0 aromatic carbocycles. The van der Waals surface area contributed by atoms with Crippen molar-refractivity contribution in [1.82, 2.24) is 30.0 Å². The number of amides is 2. The smallest absolute Gasteiger partial charge is 0.405 e. The van der Waals surface area contributed by atoms with E-state index in [1.165, 1.54) is 18.3 Å². The van der Waals surface area contributed by atoms with E-state index < -0.39 is 24.5 Å². The zero-order valence-electron chi connectivity index (χ0n) is 22.3. The number of pyridine rings is 1. The minimum Gasteiger partial charge on any atom is -0.444 e. The van der Waals surface area contributed by atoms with Gasteiger partial charge < -0.3 is 31.0 Å². The summed E-state index contributed by atoms with van der Waals surface area (Å²) in [6.45, 7) is 4.02. The summed E-state index contributed by atoms with van der Waals surface area (Å²) in [6, 6.07) is 2.90. The number of anilines is 2. The molecule has 3 aromatic heterocycles. The highest BCUT2D eigenvalue weighted by atomic mass is 19.4. The van der Waals surface area contributed by atoms with Gasteiger partial charge in [0.1, 0.15) is 18.6 Å². The van der Waals surface area contributed by atoms with E-state index in [1.54, 1.807) is 10.9 Å². The van der Waals surface area contributed by atoms with Crippen molar-refractivity contribution in [2.45, 2.75) is 37.9 Å². The summed E-state index contributed by atoms with van der Waals surface area (Å²) >= 11 is 0. The van der Waals surface area contributed by atoms with Gasteiger partial charge in [0.2, 0.25) is 5.89 Å². The molecule has 0 bridgehead atoms. The molecule has 2 aliphatic rings. The van der Waals surface area contributed by atoms with Gasteiger partial charge in [0.15, 0.2) is 11.4 Å². The Balaban J connectivity index is 1.22. The van der Waals surface area contributed by atoms with E-state index in [9.17, 15) is 22.8 Å². The summed E-state index contributed by atoms with van der Waals surface area (Å²) in [5, 5.41) is 12.6. The number of carbonyl (C=O) groups is 2.